The van der Waals surface area contributed by atoms with Crippen molar-refractivity contribution >= 4 is 17.4 Å². The predicted molar refractivity (Wildman–Crippen MR) is 72.4 cm³/mol. The van der Waals surface area contributed by atoms with Gasteiger partial charge in [0.05, 0.1) is 12.7 Å². The van der Waals surface area contributed by atoms with E-state index in [-0.39, 0.29) is 6.10 Å². The van der Waals surface area contributed by atoms with Crippen molar-refractivity contribution in [2.24, 2.45) is 0 Å². The molecule has 0 atom stereocenters. The highest BCUT2D eigenvalue weighted by Gasteiger charge is 2.01. The molecule has 0 unspecified atom stereocenters. The van der Waals surface area contributed by atoms with Gasteiger partial charge in [0, 0.05) is 25.1 Å². The van der Waals surface area contributed by atoms with E-state index >= 15 is 0 Å². The average molecular weight is 274 g/mol. The maximum atomic E-state index is 5.50. The summed E-state index contributed by atoms with van der Waals surface area (Å²) in [7, 11) is 0. The Morgan fingerprint density at radius 3 is 2.89 bits per heavy atom. The van der Waals surface area contributed by atoms with Gasteiger partial charge in [-0.05, 0) is 20.3 Å². The van der Waals surface area contributed by atoms with Crippen molar-refractivity contribution in [2.75, 3.05) is 31.0 Å². The zero-order chi connectivity index (χ0) is 13.2. The fraction of sp³-hybridized carbons (Fsp3) is 0.667. The van der Waals surface area contributed by atoms with E-state index in [0.717, 1.165) is 18.8 Å². The van der Waals surface area contributed by atoms with Crippen molar-refractivity contribution in [3.8, 4) is 5.88 Å². The van der Waals surface area contributed by atoms with Gasteiger partial charge in [-0.1, -0.05) is 0 Å². The number of halogens is 1. The number of nitrogens with one attached hydrogen (secondary N) is 1. The average Bonchev–Trinajstić information content (AvgIpc) is 2.33. The van der Waals surface area contributed by atoms with Crippen LogP contribution in [0.25, 0.3) is 0 Å². The maximum absolute atomic E-state index is 5.50. The van der Waals surface area contributed by atoms with Crippen LogP contribution in [0.3, 0.4) is 0 Å². The van der Waals surface area contributed by atoms with Crippen LogP contribution < -0.4 is 10.1 Å². The molecule has 18 heavy (non-hydrogen) atoms. The molecule has 0 saturated heterocycles. The lowest BCUT2D eigenvalue weighted by molar-refractivity contribution is 0.149. The third kappa shape index (κ3) is 6.61. The first-order valence-corrected chi connectivity index (χ1v) is 6.62. The monoisotopic (exact) mass is 273 g/mol. The van der Waals surface area contributed by atoms with Crippen molar-refractivity contribution in [3.05, 3.63) is 12.4 Å². The molecule has 0 aromatic carbocycles. The number of alkyl halides is 1. The van der Waals surface area contributed by atoms with Crippen molar-refractivity contribution in [1.82, 2.24) is 9.97 Å². The van der Waals surface area contributed by atoms with E-state index in [1.54, 1.807) is 6.07 Å². The van der Waals surface area contributed by atoms with Gasteiger partial charge in [-0.15, -0.1) is 11.6 Å². The Kier molecular flexibility index (Phi) is 7.44. The van der Waals surface area contributed by atoms with Gasteiger partial charge in [0.1, 0.15) is 12.1 Å². The molecule has 0 fully saturated rings. The Morgan fingerprint density at radius 1 is 1.33 bits per heavy atom. The number of hydrogen-bond acceptors (Lipinski definition) is 5. The third-order valence-electron chi connectivity index (χ3n) is 1.99. The minimum Gasteiger partial charge on any atom is -0.475 e. The Bertz CT molecular complexity index is 337. The second-order valence-electron chi connectivity index (χ2n) is 3.99. The SMILES string of the molecule is CC(C)Oc1cc(NCCCOCCCl)ncn1. The van der Waals surface area contributed by atoms with Crippen LogP contribution in [-0.2, 0) is 4.74 Å². The number of ether oxygens (including phenoxy) is 2. The van der Waals surface area contributed by atoms with Crippen LogP contribution in [0.5, 0.6) is 5.88 Å². The Morgan fingerprint density at radius 2 is 2.17 bits per heavy atom. The molecular weight excluding hydrogens is 254 g/mol. The predicted octanol–water partition coefficient (Wildman–Crippen LogP) is 2.32. The van der Waals surface area contributed by atoms with Crippen molar-refractivity contribution in [2.45, 2.75) is 26.4 Å². The number of hydrogen-bond donors (Lipinski definition) is 1. The van der Waals surface area contributed by atoms with E-state index in [4.69, 9.17) is 21.1 Å². The fourth-order valence-electron chi connectivity index (χ4n) is 1.29. The van der Waals surface area contributed by atoms with E-state index in [2.05, 4.69) is 15.3 Å². The Balaban J connectivity index is 2.25. The molecule has 102 valence electrons. The standard InChI is InChI=1S/C12H20ClN3O2/c1-10(2)18-12-8-11(15-9-16-12)14-5-3-6-17-7-4-13/h8-10H,3-7H2,1-2H3,(H,14,15,16). The van der Waals surface area contributed by atoms with Crippen LogP contribution in [0.2, 0.25) is 0 Å². The number of nitrogens with zero attached hydrogens (tertiary/aromatic N) is 2. The van der Waals surface area contributed by atoms with E-state index in [1.165, 1.54) is 6.33 Å². The molecule has 1 rings (SSSR count). The summed E-state index contributed by atoms with van der Waals surface area (Å²) in [6.07, 6.45) is 2.50. The smallest absolute Gasteiger partial charge is 0.218 e. The lowest BCUT2D eigenvalue weighted by Gasteiger charge is -2.10. The molecule has 0 bridgehead atoms. The molecular formula is C12H20ClN3O2. The molecule has 1 N–H and O–H groups in total. The van der Waals surface area contributed by atoms with Gasteiger partial charge < -0.3 is 14.8 Å². The van der Waals surface area contributed by atoms with Crippen molar-refractivity contribution in [1.29, 1.82) is 0 Å². The molecule has 5 nitrogen and oxygen atoms in total. The number of rotatable bonds is 9. The fourth-order valence-corrected chi connectivity index (χ4v) is 1.40. The zero-order valence-corrected chi connectivity index (χ0v) is 11.6. The van der Waals surface area contributed by atoms with Gasteiger partial charge >= 0.3 is 0 Å². The molecule has 0 spiro atoms. The molecule has 1 heterocycles. The summed E-state index contributed by atoms with van der Waals surface area (Å²) >= 11 is 5.50. The minimum atomic E-state index is 0.108. The third-order valence-corrected chi connectivity index (χ3v) is 2.15. The van der Waals surface area contributed by atoms with Gasteiger partial charge in [0.15, 0.2) is 0 Å². The first-order chi connectivity index (χ1) is 8.72. The Labute approximate surface area is 113 Å². The summed E-state index contributed by atoms with van der Waals surface area (Å²) in [5.74, 6) is 1.88. The summed E-state index contributed by atoms with van der Waals surface area (Å²) < 4.78 is 10.8. The molecule has 0 amide bonds. The highest BCUT2D eigenvalue weighted by Crippen LogP contribution is 2.12. The molecule has 0 aliphatic heterocycles. The van der Waals surface area contributed by atoms with Crippen molar-refractivity contribution < 1.29 is 9.47 Å². The van der Waals surface area contributed by atoms with Gasteiger partial charge in [-0.25, -0.2) is 9.97 Å². The molecule has 0 radical (unpaired) electrons. The van der Waals surface area contributed by atoms with E-state index in [9.17, 15) is 0 Å². The first-order valence-electron chi connectivity index (χ1n) is 6.08. The summed E-state index contributed by atoms with van der Waals surface area (Å²) in [5, 5.41) is 3.19. The second-order valence-corrected chi connectivity index (χ2v) is 4.37. The molecule has 0 aliphatic carbocycles. The van der Waals surface area contributed by atoms with Crippen LogP contribution in [0.4, 0.5) is 5.82 Å². The second kappa shape index (κ2) is 8.94. The van der Waals surface area contributed by atoms with E-state index in [1.807, 2.05) is 13.8 Å². The largest absolute Gasteiger partial charge is 0.475 e. The number of aromatic nitrogens is 2. The van der Waals surface area contributed by atoms with Crippen LogP contribution in [0.1, 0.15) is 20.3 Å². The van der Waals surface area contributed by atoms with Crippen LogP contribution in [0, 0.1) is 0 Å². The molecule has 1 aromatic rings. The van der Waals surface area contributed by atoms with Gasteiger partial charge in [-0.3, -0.25) is 0 Å². The van der Waals surface area contributed by atoms with Gasteiger partial charge in [-0.2, -0.15) is 0 Å². The lowest BCUT2D eigenvalue weighted by atomic mass is 10.4. The lowest BCUT2D eigenvalue weighted by Crippen LogP contribution is -2.10. The normalized spacial score (nSPS) is 10.7. The quantitative estimate of drug-likeness (QED) is 0.553. The van der Waals surface area contributed by atoms with Crippen molar-refractivity contribution in [3.63, 3.8) is 0 Å². The highest BCUT2D eigenvalue weighted by molar-refractivity contribution is 6.17. The Hall–Kier alpha value is -1.07. The van der Waals surface area contributed by atoms with Crippen LogP contribution in [0.15, 0.2) is 12.4 Å². The minimum absolute atomic E-state index is 0.108. The van der Waals surface area contributed by atoms with Gasteiger partial charge in [0.2, 0.25) is 5.88 Å². The van der Waals surface area contributed by atoms with Crippen LogP contribution >= 0.6 is 11.6 Å². The highest BCUT2D eigenvalue weighted by atomic mass is 35.5. The molecule has 6 heteroatoms. The van der Waals surface area contributed by atoms with Crippen LogP contribution in [-0.4, -0.2) is 41.7 Å². The zero-order valence-electron chi connectivity index (χ0n) is 10.9. The molecule has 0 saturated carbocycles. The maximum Gasteiger partial charge on any atom is 0.218 e. The topological polar surface area (TPSA) is 56.3 Å². The molecule has 1 aromatic heterocycles. The first kappa shape index (κ1) is 15.0. The summed E-state index contributed by atoms with van der Waals surface area (Å²) in [6, 6.07) is 1.79. The van der Waals surface area contributed by atoms with Gasteiger partial charge in [0.25, 0.3) is 0 Å². The summed E-state index contributed by atoms with van der Waals surface area (Å²) in [5.41, 5.74) is 0. The number of anilines is 1. The molecule has 0 aliphatic rings. The van der Waals surface area contributed by atoms with E-state index in [0.29, 0.717) is 25.0 Å². The van der Waals surface area contributed by atoms with E-state index < -0.39 is 0 Å². The summed E-state index contributed by atoms with van der Waals surface area (Å²) in [4.78, 5) is 8.15. The summed E-state index contributed by atoms with van der Waals surface area (Å²) in [6.45, 7) is 6.01.